The van der Waals surface area contributed by atoms with E-state index < -0.39 is 0 Å². The first-order chi connectivity index (χ1) is 11.8. The summed E-state index contributed by atoms with van der Waals surface area (Å²) in [5.41, 5.74) is 1.97. The quantitative estimate of drug-likeness (QED) is 0.925. The molecule has 0 aliphatic carbocycles. The molecular weight excluding hydrogens is 304 g/mol. The van der Waals surface area contributed by atoms with Gasteiger partial charge in [0.1, 0.15) is 0 Å². The summed E-state index contributed by atoms with van der Waals surface area (Å²) in [7, 11) is 0. The van der Waals surface area contributed by atoms with Gasteiger partial charge in [-0.05, 0) is 25.2 Å². The lowest BCUT2D eigenvalue weighted by Crippen LogP contribution is -2.39. The van der Waals surface area contributed by atoms with Crippen LogP contribution in [0.1, 0.15) is 25.7 Å². The van der Waals surface area contributed by atoms with E-state index in [1.54, 1.807) is 12.4 Å². The van der Waals surface area contributed by atoms with Gasteiger partial charge in [-0.2, -0.15) is 5.10 Å². The zero-order valence-electron chi connectivity index (χ0n) is 13.7. The first-order valence-electron chi connectivity index (χ1n) is 8.63. The SMILES string of the molecule is O=C1CCCN1CC1CCN(c2cnc(-c3cn[nH]c3)nc2)CC1. The molecule has 0 unspecified atom stereocenters. The number of aromatic amines is 1. The number of amides is 1. The van der Waals surface area contributed by atoms with Crippen molar-refractivity contribution in [1.82, 2.24) is 25.1 Å². The van der Waals surface area contributed by atoms with E-state index in [-0.39, 0.29) is 0 Å². The number of rotatable bonds is 4. The van der Waals surface area contributed by atoms with Crippen molar-refractivity contribution in [2.24, 2.45) is 5.92 Å². The Kier molecular flexibility index (Phi) is 4.15. The standard InChI is InChI=1S/C17H22N6O/c24-16-2-1-5-23(16)12-13-3-6-22(7-4-13)15-10-18-17(19-11-15)14-8-20-21-9-14/h8-11,13H,1-7,12H2,(H,20,21). The van der Waals surface area contributed by atoms with Crippen LogP contribution in [0.15, 0.2) is 24.8 Å². The Labute approximate surface area is 141 Å². The number of nitrogens with one attached hydrogen (secondary N) is 1. The van der Waals surface area contributed by atoms with Gasteiger partial charge < -0.3 is 9.80 Å². The van der Waals surface area contributed by atoms with Crippen LogP contribution >= 0.6 is 0 Å². The number of H-pyrrole nitrogens is 1. The summed E-state index contributed by atoms with van der Waals surface area (Å²) in [5.74, 6) is 1.64. The van der Waals surface area contributed by atoms with Crippen molar-refractivity contribution in [2.75, 3.05) is 31.1 Å². The fourth-order valence-corrected chi connectivity index (χ4v) is 3.59. The minimum atomic E-state index is 0.334. The summed E-state index contributed by atoms with van der Waals surface area (Å²) in [6.07, 6.45) is 11.3. The molecule has 0 radical (unpaired) electrons. The lowest BCUT2D eigenvalue weighted by atomic mass is 9.96. The smallest absolute Gasteiger partial charge is 0.222 e. The van der Waals surface area contributed by atoms with Crippen LogP contribution in [0.5, 0.6) is 0 Å². The maximum absolute atomic E-state index is 11.8. The summed E-state index contributed by atoms with van der Waals surface area (Å²) in [5, 5.41) is 6.70. The zero-order valence-corrected chi connectivity index (χ0v) is 13.7. The molecule has 7 nitrogen and oxygen atoms in total. The number of carbonyl (C=O) groups is 1. The number of anilines is 1. The molecule has 2 aliphatic rings. The molecule has 126 valence electrons. The first kappa shape index (κ1) is 15.1. The molecule has 2 saturated heterocycles. The predicted molar refractivity (Wildman–Crippen MR) is 90.4 cm³/mol. The van der Waals surface area contributed by atoms with E-state index in [2.05, 4.69) is 25.1 Å². The Morgan fingerprint density at radius 3 is 2.54 bits per heavy atom. The molecule has 4 rings (SSSR count). The molecular formula is C17H22N6O. The molecule has 2 aromatic heterocycles. The molecule has 0 aromatic carbocycles. The zero-order chi connectivity index (χ0) is 16.4. The number of nitrogens with zero attached hydrogens (tertiary/aromatic N) is 5. The van der Waals surface area contributed by atoms with Crippen LogP contribution in [-0.4, -0.2) is 57.2 Å². The summed E-state index contributed by atoms with van der Waals surface area (Å²) >= 11 is 0. The molecule has 0 spiro atoms. The van der Waals surface area contributed by atoms with E-state index in [0.717, 1.165) is 63.1 Å². The summed E-state index contributed by atoms with van der Waals surface area (Å²) < 4.78 is 0. The van der Waals surface area contributed by atoms with E-state index >= 15 is 0 Å². The Bertz CT molecular complexity index is 676. The van der Waals surface area contributed by atoms with E-state index in [0.29, 0.717) is 17.6 Å². The molecule has 2 aromatic rings. The number of carbonyl (C=O) groups excluding carboxylic acids is 1. The number of aromatic nitrogens is 4. The maximum Gasteiger partial charge on any atom is 0.222 e. The second-order valence-corrected chi connectivity index (χ2v) is 6.63. The minimum Gasteiger partial charge on any atom is -0.369 e. The van der Waals surface area contributed by atoms with Crippen LogP contribution in [0.25, 0.3) is 11.4 Å². The van der Waals surface area contributed by atoms with Gasteiger partial charge in [-0.3, -0.25) is 9.89 Å². The third-order valence-corrected chi connectivity index (χ3v) is 5.02. The van der Waals surface area contributed by atoms with Gasteiger partial charge in [0.15, 0.2) is 5.82 Å². The molecule has 2 aliphatic heterocycles. The predicted octanol–water partition coefficient (Wildman–Crippen LogP) is 1.71. The van der Waals surface area contributed by atoms with E-state index in [1.807, 2.05) is 17.3 Å². The fourth-order valence-electron chi connectivity index (χ4n) is 3.59. The van der Waals surface area contributed by atoms with Crippen molar-refractivity contribution in [3.63, 3.8) is 0 Å². The van der Waals surface area contributed by atoms with Crippen LogP contribution in [0.3, 0.4) is 0 Å². The highest BCUT2D eigenvalue weighted by molar-refractivity contribution is 5.78. The normalized spacial score (nSPS) is 19.2. The van der Waals surface area contributed by atoms with E-state index in [9.17, 15) is 4.79 Å². The second kappa shape index (κ2) is 6.59. The average Bonchev–Trinajstić information content (AvgIpc) is 3.29. The van der Waals surface area contributed by atoms with Crippen LogP contribution < -0.4 is 4.90 Å². The van der Waals surface area contributed by atoms with Gasteiger partial charge in [0.25, 0.3) is 0 Å². The van der Waals surface area contributed by atoms with Gasteiger partial charge in [0.05, 0.1) is 29.8 Å². The van der Waals surface area contributed by atoms with E-state index in [4.69, 9.17) is 0 Å². The first-order valence-corrected chi connectivity index (χ1v) is 8.63. The number of likely N-dealkylation sites (tertiary alicyclic amines) is 1. The Morgan fingerprint density at radius 1 is 1.12 bits per heavy atom. The molecule has 2 fully saturated rings. The number of hydrogen-bond donors (Lipinski definition) is 1. The monoisotopic (exact) mass is 326 g/mol. The summed E-state index contributed by atoms with van der Waals surface area (Å²) in [4.78, 5) is 25.0. The van der Waals surface area contributed by atoms with Crippen LogP contribution in [0.2, 0.25) is 0 Å². The van der Waals surface area contributed by atoms with Gasteiger partial charge >= 0.3 is 0 Å². The Hall–Kier alpha value is -2.44. The van der Waals surface area contributed by atoms with Gasteiger partial charge in [0, 0.05) is 38.8 Å². The van der Waals surface area contributed by atoms with Crippen molar-refractivity contribution in [3.05, 3.63) is 24.8 Å². The molecule has 0 bridgehead atoms. The van der Waals surface area contributed by atoms with Crippen molar-refractivity contribution in [2.45, 2.75) is 25.7 Å². The average molecular weight is 326 g/mol. The third-order valence-electron chi connectivity index (χ3n) is 5.02. The molecule has 1 N–H and O–H groups in total. The number of hydrogen-bond acceptors (Lipinski definition) is 5. The molecule has 0 atom stereocenters. The van der Waals surface area contributed by atoms with Gasteiger partial charge in [-0.15, -0.1) is 0 Å². The van der Waals surface area contributed by atoms with Gasteiger partial charge in [0.2, 0.25) is 5.91 Å². The highest BCUT2D eigenvalue weighted by Crippen LogP contribution is 2.25. The summed E-state index contributed by atoms with van der Waals surface area (Å²) in [6, 6.07) is 0. The second-order valence-electron chi connectivity index (χ2n) is 6.63. The van der Waals surface area contributed by atoms with Crippen molar-refractivity contribution in [1.29, 1.82) is 0 Å². The molecule has 4 heterocycles. The van der Waals surface area contributed by atoms with Crippen molar-refractivity contribution < 1.29 is 4.79 Å². The van der Waals surface area contributed by atoms with E-state index in [1.165, 1.54) is 0 Å². The van der Waals surface area contributed by atoms with Crippen LogP contribution in [0.4, 0.5) is 5.69 Å². The molecule has 7 heteroatoms. The summed E-state index contributed by atoms with van der Waals surface area (Å²) in [6.45, 7) is 3.88. The highest BCUT2D eigenvalue weighted by Gasteiger charge is 2.26. The lowest BCUT2D eigenvalue weighted by molar-refractivity contribution is -0.128. The Morgan fingerprint density at radius 2 is 1.92 bits per heavy atom. The molecule has 1 amide bonds. The molecule has 0 saturated carbocycles. The lowest BCUT2D eigenvalue weighted by Gasteiger charge is -2.34. The topological polar surface area (TPSA) is 78.0 Å². The Balaban J connectivity index is 1.33. The largest absolute Gasteiger partial charge is 0.369 e. The van der Waals surface area contributed by atoms with Crippen LogP contribution in [-0.2, 0) is 4.79 Å². The van der Waals surface area contributed by atoms with Gasteiger partial charge in [-0.1, -0.05) is 0 Å². The number of piperidine rings is 1. The van der Waals surface area contributed by atoms with Gasteiger partial charge in [-0.25, -0.2) is 9.97 Å². The molecule has 24 heavy (non-hydrogen) atoms. The third kappa shape index (κ3) is 3.11. The highest BCUT2D eigenvalue weighted by atomic mass is 16.2. The van der Waals surface area contributed by atoms with Crippen molar-refractivity contribution >= 4 is 11.6 Å². The minimum absolute atomic E-state index is 0.334. The van der Waals surface area contributed by atoms with Crippen LogP contribution in [0, 0.1) is 5.92 Å². The maximum atomic E-state index is 11.8. The van der Waals surface area contributed by atoms with Crippen molar-refractivity contribution in [3.8, 4) is 11.4 Å². The fraction of sp³-hybridized carbons (Fsp3) is 0.529.